The predicted octanol–water partition coefficient (Wildman–Crippen LogP) is 1.52. The van der Waals surface area contributed by atoms with Crippen LogP contribution in [0.5, 0.6) is 0 Å². The van der Waals surface area contributed by atoms with E-state index in [2.05, 4.69) is 26.1 Å². The quantitative estimate of drug-likeness (QED) is 0.460. The van der Waals surface area contributed by atoms with Gasteiger partial charge in [0.05, 0.1) is 11.5 Å². The Bertz CT molecular complexity index is 942. The maximum absolute atomic E-state index is 11.8. The molecule has 3 aromatic rings. The predicted molar refractivity (Wildman–Crippen MR) is 100 cm³/mol. The van der Waals surface area contributed by atoms with Gasteiger partial charge in [-0.3, -0.25) is 4.79 Å². The molecule has 0 fully saturated rings. The van der Waals surface area contributed by atoms with Crippen LogP contribution in [0.3, 0.4) is 0 Å². The van der Waals surface area contributed by atoms with Crippen LogP contribution in [0.2, 0.25) is 0 Å². The summed E-state index contributed by atoms with van der Waals surface area (Å²) >= 11 is 0. The molecule has 1 atom stereocenters. The van der Waals surface area contributed by atoms with Gasteiger partial charge in [-0.05, 0) is 18.2 Å². The molecule has 0 spiro atoms. The van der Waals surface area contributed by atoms with E-state index >= 15 is 0 Å². The molecule has 2 aromatic carbocycles. The maximum Gasteiger partial charge on any atom is 0.319 e. The third-order valence-electron chi connectivity index (χ3n) is 3.73. The van der Waals surface area contributed by atoms with Gasteiger partial charge in [-0.1, -0.05) is 36.4 Å². The van der Waals surface area contributed by atoms with Gasteiger partial charge in [0.1, 0.15) is 0 Å². The Kier molecular flexibility index (Phi) is 5.45. The second kappa shape index (κ2) is 8.13. The Morgan fingerprint density at radius 2 is 1.73 bits per heavy atom. The zero-order valence-electron chi connectivity index (χ0n) is 13.9. The summed E-state index contributed by atoms with van der Waals surface area (Å²) in [6, 6.07) is 15.7. The standard InChI is InChI=1S/C18H19N5O3/c24-13(11-20-18(26)21-12-6-2-1-3-7-12)10-19-16-14-8-4-5-9-15(14)17(25)23-22-16/h1-9,13,24H,10-11H2,(H,19,22)(H,23,25)(H2,20,21,26). The van der Waals surface area contributed by atoms with Gasteiger partial charge in [0.2, 0.25) is 0 Å². The summed E-state index contributed by atoms with van der Waals surface area (Å²) in [4.78, 5) is 23.5. The monoisotopic (exact) mass is 353 g/mol. The molecule has 1 heterocycles. The van der Waals surface area contributed by atoms with Crippen molar-refractivity contribution >= 4 is 28.3 Å². The molecule has 26 heavy (non-hydrogen) atoms. The molecule has 134 valence electrons. The summed E-state index contributed by atoms with van der Waals surface area (Å²) in [5.74, 6) is 0.466. The minimum Gasteiger partial charge on any atom is -0.389 e. The number of H-pyrrole nitrogens is 1. The summed E-state index contributed by atoms with van der Waals surface area (Å²) in [5.41, 5.74) is 0.396. The van der Waals surface area contributed by atoms with Crippen molar-refractivity contribution in [2.24, 2.45) is 0 Å². The highest BCUT2D eigenvalue weighted by Gasteiger charge is 2.10. The number of nitrogens with zero attached hydrogens (tertiary/aromatic N) is 1. The molecule has 8 nitrogen and oxygen atoms in total. The van der Waals surface area contributed by atoms with Crippen molar-refractivity contribution in [3.8, 4) is 0 Å². The van der Waals surface area contributed by atoms with Crippen LogP contribution >= 0.6 is 0 Å². The molecule has 0 aliphatic rings. The maximum atomic E-state index is 11.8. The van der Waals surface area contributed by atoms with E-state index in [1.165, 1.54) is 0 Å². The largest absolute Gasteiger partial charge is 0.389 e. The average molecular weight is 353 g/mol. The number of carbonyl (C=O) groups excluding carboxylic acids is 1. The van der Waals surface area contributed by atoms with Gasteiger partial charge in [-0.15, -0.1) is 0 Å². The lowest BCUT2D eigenvalue weighted by molar-refractivity contribution is 0.184. The summed E-state index contributed by atoms with van der Waals surface area (Å²) in [7, 11) is 0. The fraction of sp³-hybridized carbons (Fsp3) is 0.167. The third kappa shape index (κ3) is 4.37. The molecule has 8 heteroatoms. The van der Waals surface area contributed by atoms with Crippen LogP contribution in [0.4, 0.5) is 16.3 Å². The fourth-order valence-corrected chi connectivity index (χ4v) is 2.44. The number of amides is 2. The molecular formula is C18H19N5O3. The number of aliphatic hydroxyl groups is 1. The molecule has 2 amide bonds. The van der Waals surface area contributed by atoms with Crippen LogP contribution in [0.15, 0.2) is 59.4 Å². The number of urea groups is 1. The summed E-state index contributed by atoms with van der Waals surface area (Å²) in [5, 5.41) is 25.9. The van der Waals surface area contributed by atoms with Crippen molar-refractivity contribution in [2.75, 3.05) is 23.7 Å². The molecule has 5 N–H and O–H groups in total. The number of aliphatic hydroxyl groups excluding tert-OH is 1. The van der Waals surface area contributed by atoms with E-state index in [9.17, 15) is 14.7 Å². The Hall–Kier alpha value is -3.39. The molecule has 0 bridgehead atoms. The lowest BCUT2D eigenvalue weighted by Crippen LogP contribution is -2.38. The van der Waals surface area contributed by atoms with Gasteiger partial charge in [-0.25, -0.2) is 9.89 Å². The highest BCUT2D eigenvalue weighted by Crippen LogP contribution is 2.16. The third-order valence-corrected chi connectivity index (χ3v) is 3.73. The van der Waals surface area contributed by atoms with E-state index in [1.807, 2.05) is 18.2 Å². The number of hydrogen-bond donors (Lipinski definition) is 5. The molecule has 0 aliphatic carbocycles. The van der Waals surface area contributed by atoms with E-state index in [0.29, 0.717) is 22.3 Å². The highest BCUT2D eigenvalue weighted by molar-refractivity contribution is 5.91. The van der Waals surface area contributed by atoms with Crippen molar-refractivity contribution in [3.05, 3.63) is 65.0 Å². The molecule has 1 aromatic heterocycles. The highest BCUT2D eigenvalue weighted by atomic mass is 16.3. The normalized spacial score (nSPS) is 11.7. The Morgan fingerprint density at radius 3 is 2.50 bits per heavy atom. The number of para-hydroxylation sites is 1. The lowest BCUT2D eigenvalue weighted by atomic mass is 10.2. The van der Waals surface area contributed by atoms with E-state index in [1.54, 1.807) is 36.4 Å². The first kappa shape index (κ1) is 17.4. The van der Waals surface area contributed by atoms with Crippen LogP contribution in [-0.2, 0) is 0 Å². The molecule has 0 saturated carbocycles. The summed E-state index contributed by atoms with van der Waals surface area (Å²) in [6.07, 6.45) is -0.830. The number of aromatic amines is 1. The molecule has 1 unspecified atom stereocenters. The molecule has 0 saturated heterocycles. The van der Waals surface area contributed by atoms with Crippen LogP contribution < -0.4 is 21.5 Å². The van der Waals surface area contributed by atoms with Crippen LogP contribution in [-0.4, -0.2) is 40.5 Å². The fourth-order valence-electron chi connectivity index (χ4n) is 2.44. The molecule has 0 aliphatic heterocycles. The number of aromatic nitrogens is 2. The number of anilines is 2. The minimum absolute atomic E-state index is 0.0625. The zero-order valence-corrected chi connectivity index (χ0v) is 13.9. The second-order valence-corrected chi connectivity index (χ2v) is 5.68. The Balaban J connectivity index is 1.52. The Labute approximate surface area is 149 Å². The van der Waals surface area contributed by atoms with E-state index < -0.39 is 12.1 Å². The number of fused-ring (bicyclic) bond motifs is 1. The van der Waals surface area contributed by atoms with Crippen molar-refractivity contribution in [1.82, 2.24) is 15.5 Å². The first-order valence-electron chi connectivity index (χ1n) is 8.13. The topological polar surface area (TPSA) is 119 Å². The summed E-state index contributed by atoms with van der Waals surface area (Å²) in [6.45, 7) is 0.224. The van der Waals surface area contributed by atoms with Gasteiger partial charge in [-0.2, -0.15) is 5.10 Å². The second-order valence-electron chi connectivity index (χ2n) is 5.68. The number of carbonyl (C=O) groups is 1. The van der Waals surface area contributed by atoms with E-state index in [0.717, 1.165) is 0 Å². The zero-order chi connectivity index (χ0) is 18.4. The van der Waals surface area contributed by atoms with Crippen molar-refractivity contribution in [2.45, 2.75) is 6.10 Å². The average Bonchev–Trinajstić information content (AvgIpc) is 2.67. The van der Waals surface area contributed by atoms with Crippen LogP contribution in [0, 0.1) is 0 Å². The number of nitrogens with one attached hydrogen (secondary N) is 4. The SMILES string of the molecule is O=C(NCC(O)CNc1n[nH]c(=O)c2ccccc12)Nc1ccccc1. The van der Waals surface area contributed by atoms with Crippen LogP contribution in [0.1, 0.15) is 0 Å². The molecule has 0 radical (unpaired) electrons. The number of rotatable bonds is 6. The number of benzene rings is 2. The van der Waals surface area contributed by atoms with Crippen LogP contribution in [0.25, 0.3) is 10.8 Å². The first-order valence-corrected chi connectivity index (χ1v) is 8.13. The van der Waals surface area contributed by atoms with Gasteiger partial charge in [0.25, 0.3) is 5.56 Å². The van der Waals surface area contributed by atoms with Gasteiger partial charge in [0.15, 0.2) is 5.82 Å². The smallest absolute Gasteiger partial charge is 0.319 e. The molecule has 3 rings (SSSR count). The Morgan fingerprint density at radius 1 is 1.04 bits per heavy atom. The van der Waals surface area contributed by atoms with Crippen molar-refractivity contribution in [1.29, 1.82) is 0 Å². The van der Waals surface area contributed by atoms with Crippen molar-refractivity contribution < 1.29 is 9.90 Å². The number of hydrogen-bond acceptors (Lipinski definition) is 5. The van der Waals surface area contributed by atoms with Gasteiger partial charge < -0.3 is 21.1 Å². The van der Waals surface area contributed by atoms with Gasteiger partial charge >= 0.3 is 6.03 Å². The summed E-state index contributed by atoms with van der Waals surface area (Å²) < 4.78 is 0. The first-order chi connectivity index (χ1) is 12.6. The molecular weight excluding hydrogens is 334 g/mol. The van der Waals surface area contributed by atoms with E-state index in [-0.39, 0.29) is 18.6 Å². The van der Waals surface area contributed by atoms with Gasteiger partial charge in [0, 0.05) is 24.2 Å². The van der Waals surface area contributed by atoms with Crippen molar-refractivity contribution in [3.63, 3.8) is 0 Å². The minimum atomic E-state index is -0.830. The lowest BCUT2D eigenvalue weighted by Gasteiger charge is -2.14. The van der Waals surface area contributed by atoms with E-state index in [4.69, 9.17) is 0 Å².